The van der Waals surface area contributed by atoms with Crippen LogP contribution in [0.5, 0.6) is 0 Å². The van der Waals surface area contributed by atoms with Gasteiger partial charge in [-0.3, -0.25) is 4.40 Å². The maximum Gasteiger partial charge on any atom is 0.145 e. The number of aromatic nitrogens is 2. The van der Waals surface area contributed by atoms with Crippen molar-refractivity contribution in [2.45, 2.75) is 26.7 Å². The minimum absolute atomic E-state index is 1.00. The van der Waals surface area contributed by atoms with Gasteiger partial charge in [0, 0.05) is 27.1 Å². The molecule has 0 saturated carbocycles. The fraction of sp³-hybridized carbons (Fsp3) is 0.129. The van der Waals surface area contributed by atoms with Crippen molar-refractivity contribution in [3.8, 4) is 11.3 Å². The fourth-order valence-electron chi connectivity index (χ4n) is 5.85. The number of hydrogen-bond donors (Lipinski definition) is 0. The summed E-state index contributed by atoms with van der Waals surface area (Å²) < 4.78 is 2.44. The fourth-order valence-corrected chi connectivity index (χ4v) is 5.85. The summed E-state index contributed by atoms with van der Waals surface area (Å²) in [5.74, 6) is 0. The molecule has 2 heteroatoms. The molecule has 0 atom stereocenters. The van der Waals surface area contributed by atoms with E-state index < -0.39 is 0 Å². The van der Waals surface area contributed by atoms with E-state index in [2.05, 4.69) is 103 Å². The number of benzene rings is 5. The van der Waals surface area contributed by atoms with Gasteiger partial charge in [0.25, 0.3) is 0 Å². The van der Waals surface area contributed by atoms with Crippen LogP contribution in [-0.2, 0) is 12.8 Å². The van der Waals surface area contributed by atoms with Crippen molar-refractivity contribution < 1.29 is 0 Å². The number of nitrogens with zero attached hydrogens (tertiary/aromatic N) is 2. The predicted molar refractivity (Wildman–Crippen MR) is 141 cm³/mol. The van der Waals surface area contributed by atoms with Gasteiger partial charge in [0.2, 0.25) is 0 Å². The second-order valence-corrected chi connectivity index (χ2v) is 8.97. The average Bonchev–Trinajstić information content (AvgIpc) is 3.31. The predicted octanol–water partition coefficient (Wildman–Crippen LogP) is 8.18. The molecule has 0 unspecified atom stereocenters. The number of aryl methyl sites for hydroxylation is 2. The van der Waals surface area contributed by atoms with E-state index >= 15 is 0 Å². The summed E-state index contributed by atoms with van der Waals surface area (Å²) in [6.07, 6.45) is 4.10. The molecule has 2 nitrogen and oxygen atoms in total. The summed E-state index contributed by atoms with van der Waals surface area (Å²) in [6, 6.07) is 29.0. The number of rotatable bonds is 3. The zero-order chi connectivity index (χ0) is 22.1. The topological polar surface area (TPSA) is 17.3 Å². The van der Waals surface area contributed by atoms with Crippen molar-refractivity contribution in [3.05, 3.63) is 96.2 Å². The molecule has 0 bridgehead atoms. The third-order valence-electron chi connectivity index (χ3n) is 7.32. The first-order valence-corrected chi connectivity index (χ1v) is 11.9. The summed E-state index contributed by atoms with van der Waals surface area (Å²) in [5, 5.41) is 8.98. The Morgan fingerprint density at radius 2 is 1.36 bits per heavy atom. The molecule has 7 rings (SSSR count). The molecule has 2 heterocycles. The monoisotopic (exact) mass is 424 g/mol. The SMILES string of the molecule is CCc1cccc(CC)c1-c1cnc2c3cccc4ccc5cc6ccccc6c(c5c43)n12. The van der Waals surface area contributed by atoms with Gasteiger partial charge in [-0.2, -0.15) is 0 Å². The van der Waals surface area contributed by atoms with E-state index in [-0.39, 0.29) is 0 Å². The largest absolute Gasteiger partial charge is 0.291 e. The van der Waals surface area contributed by atoms with Gasteiger partial charge in [-0.15, -0.1) is 0 Å². The molecule has 5 aromatic carbocycles. The quantitative estimate of drug-likeness (QED) is 0.206. The number of pyridine rings is 1. The lowest BCUT2D eigenvalue weighted by atomic mass is 9.93. The van der Waals surface area contributed by atoms with Gasteiger partial charge in [0.1, 0.15) is 5.65 Å². The van der Waals surface area contributed by atoms with Crippen LogP contribution in [0.3, 0.4) is 0 Å². The van der Waals surface area contributed by atoms with Crippen LogP contribution >= 0.6 is 0 Å². The Morgan fingerprint density at radius 1 is 0.667 bits per heavy atom. The highest BCUT2D eigenvalue weighted by Gasteiger charge is 2.21. The van der Waals surface area contributed by atoms with Crippen LogP contribution in [0.15, 0.2) is 85.1 Å². The molecule has 0 spiro atoms. The summed E-state index contributed by atoms with van der Waals surface area (Å²) in [6.45, 7) is 4.50. The average molecular weight is 425 g/mol. The first-order chi connectivity index (χ1) is 16.3. The second-order valence-electron chi connectivity index (χ2n) is 8.97. The highest BCUT2D eigenvalue weighted by atomic mass is 15.0. The van der Waals surface area contributed by atoms with Crippen molar-refractivity contribution in [2.75, 3.05) is 0 Å². The van der Waals surface area contributed by atoms with Crippen molar-refractivity contribution in [1.82, 2.24) is 9.38 Å². The summed E-state index contributed by atoms with van der Waals surface area (Å²) >= 11 is 0. The van der Waals surface area contributed by atoms with Crippen molar-refractivity contribution >= 4 is 48.9 Å². The Kier molecular flexibility index (Phi) is 3.84. The number of fused-ring (bicyclic) bond motifs is 5. The van der Waals surface area contributed by atoms with Gasteiger partial charge in [0.15, 0.2) is 0 Å². The maximum absolute atomic E-state index is 5.06. The summed E-state index contributed by atoms with van der Waals surface area (Å²) in [5.41, 5.74) is 7.61. The zero-order valence-electron chi connectivity index (χ0n) is 18.9. The van der Waals surface area contributed by atoms with Crippen LogP contribution in [0.4, 0.5) is 0 Å². The molecule has 2 aromatic heterocycles. The van der Waals surface area contributed by atoms with Crippen LogP contribution in [0, 0.1) is 0 Å². The van der Waals surface area contributed by atoms with Crippen LogP contribution < -0.4 is 0 Å². The number of hydrogen-bond acceptors (Lipinski definition) is 1. The Bertz CT molecular complexity index is 1820. The lowest BCUT2D eigenvalue weighted by Gasteiger charge is -2.18. The van der Waals surface area contributed by atoms with Crippen LogP contribution in [-0.4, -0.2) is 9.38 Å². The summed E-state index contributed by atoms with van der Waals surface area (Å²) in [7, 11) is 0. The third kappa shape index (κ3) is 2.41. The Hall–Kier alpha value is -3.91. The third-order valence-corrected chi connectivity index (χ3v) is 7.32. The smallest absolute Gasteiger partial charge is 0.145 e. The Balaban J connectivity index is 1.82. The van der Waals surface area contributed by atoms with Gasteiger partial charge < -0.3 is 0 Å². The van der Waals surface area contributed by atoms with Gasteiger partial charge in [-0.25, -0.2) is 4.98 Å². The van der Waals surface area contributed by atoms with E-state index in [4.69, 9.17) is 4.98 Å². The van der Waals surface area contributed by atoms with Gasteiger partial charge in [-0.1, -0.05) is 86.6 Å². The van der Waals surface area contributed by atoms with Gasteiger partial charge >= 0.3 is 0 Å². The van der Waals surface area contributed by atoms with Gasteiger partial charge in [0.05, 0.1) is 17.4 Å². The summed E-state index contributed by atoms with van der Waals surface area (Å²) in [4.78, 5) is 5.06. The van der Waals surface area contributed by atoms with Crippen LogP contribution in [0.25, 0.3) is 60.1 Å². The molecule has 0 radical (unpaired) electrons. The minimum Gasteiger partial charge on any atom is -0.291 e. The van der Waals surface area contributed by atoms with Crippen molar-refractivity contribution in [1.29, 1.82) is 0 Å². The molecule has 158 valence electrons. The minimum atomic E-state index is 1.00. The van der Waals surface area contributed by atoms with E-state index in [1.807, 2.05) is 0 Å². The molecular formula is C31H24N2. The maximum atomic E-state index is 5.06. The molecule has 0 fully saturated rings. The number of imidazole rings is 1. The molecule has 0 aliphatic carbocycles. The second kappa shape index (κ2) is 6.79. The molecule has 0 aliphatic rings. The Labute approximate surface area is 192 Å². The highest BCUT2D eigenvalue weighted by Crippen LogP contribution is 2.42. The van der Waals surface area contributed by atoms with Crippen molar-refractivity contribution in [2.24, 2.45) is 0 Å². The van der Waals surface area contributed by atoms with E-state index in [0.29, 0.717) is 0 Å². The van der Waals surface area contributed by atoms with E-state index in [1.54, 1.807) is 0 Å². The molecule has 0 amide bonds. The lowest BCUT2D eigenvalue weighted by molar-refractivity contribution is 1.08. The molecule has 0 N–H and O–H groups in total. The van der Waals surface area contributed by atoms with Gasteiger partial charge in [-0.05, 0) is 46.2 Å². The lowest BCUT2D eigenvalue weighted by Crippen LogP contribution is -2.00. The van der Waals surface area contributed by atoms with Crippen LogP contribution in [0.2, 0.25) is 0 Å². The molecule has 0 aliphatic heterocycles. The van der Waals surface area contributed by atoms with Crippen LogP contribution in [0.1, 0.15) is 25.0 Å². The molecule has 0 saturated heterocycles. The molecular weight excluding hydrogens is 400 g/mol. The highest BCUT2D eigenvalue weighted by molar-refractivity contribution is 6.30. The Morgan fingerprint density at radius 3 is 2.18 bits per heavy atom. The molecule has 7 aromatic rings. The van der Waals surface area contributed by atoms with E-state index in [0.717, 1.165) is 18.5 Å². The van der Waals surface area contributed by atoms with Crippen molar-refractivity contribution in [3.63, 3.8) is 0 Å². The zero-order valence-corrected chi connectivity index (χ0v) is 18.9. The normalized spacial score (nSPS) is 12.2. The molecule has 33 heavy (non-hydrogen) atoms. The first-order valence-electron chi connectivity index (χ1n) is 11.9. The van der Waals surface area contributed by atoms with E-state index in [1.165, 1.54) is 65.6 Å². The standard InChI is InChI=1S/C31H24N2/c1-3-19-10-7-11-20(4-2)27(19)26-18-32-31-25-14-8-12-21-15-16-23-17-22-9-5-6-13-24(22)30(33(26)31)29(23)28(21)25/h5-18H,3-4H2,1-2H3. The van der Waals surface area contributed by atoms with E-state index in [9.17, 15) is 0 Å². The first kappa shape index (κ1) is 18.6.